The minimum absolute atomic E-state index is 0.129. The van der Waals surface area contributed by atoms with Crippen LogP contribution in [0.4, 0.5) is 0 Å². The highest BCUT2D eigenvalue weighted by molar-refractivity contribution is 6.31. The summed E-state index contributed by atoms with van der Waals surface area (Å²) in [5, 5.41) is 8.87. The molecule has 2 heterocycles. The Bertz CT molecular complexity index is 1650. The van der Waals surface area contributed by atoms with Gasteiger partial charge in [-0.25, -0.2) is 0 Å². The highest BCUT2D eigenvalue weighted by atomic mass is 35.5. The van der Waals surface area contributed by atoms with Crippen LogP contribution >= 0.6 is 23.2 Å². The van der Waals surface area contributed by atoms with E-state index in [1.807, 2.05) is 102 Å². The van der Waals surface area contributed by atoms with Gasteiger partial charge in [0, 0.05) is 27.7 Å². The van der Waals surface area contributed by atoms with Crippen molar-refractivity contribution in [3.8, 4) is 22.8 Å². The predicted molar refractivity (Wildman–Crippen MR) is 156 cm³/mol. The standard InChI is InChI=1S/C32H25Cl2N3O3/c1-39-25-14-8-21(9-15-25)29-28-30(36-35-29)32(38)37(18-23-4-2-3-5-27(23)34)31(28)22-10-16-26(17-11-22)40-19-20-6-12-24(33)13-7-20/h2-17,31H,18-19H2,1H3,(H,35,36). The first-order chi connectivity index (χ1) is 19.5. The number of rotatable bonds is 8. The Labute approximate surface area is 242 Å². The number of fused-ring (bicyclic) bond motifs is 1. The summed E-state index contributed by atoms with van der Waals surface area (Å²) in [7, 11) is 1.63. The number of nitrogens with zero attached hydrogens (tertiary/aromatic N) is 2. The Balaban J connectivity index is 1.35. The van der Waals surface area contributed by atoms with Gasteiger partial charge in [-0.05, 0) is 71.3 Å². The van der Waals surface area contributed by atoms with Gasteiger partial charge in [0.15, 0.2) is 0 Å². The van der Waals surface area contributed by atoms with Crippen LogP contribution in [0.1, 0.15) is 38.8 Å². The summed E-state index contributed by atoms with van der Waals surface area (Å²) in [5.41, 5.74) is 5.75. The zero-order valence-corrected chi connectivity index (χ0v) is 23.1. The minimum Gasteiger partial charge on any atom is -0.497 e. The van der Waals surface area contributed by atoms with E-state index in [-0.39, 0.29) is 11.9 Å². The SMILES string of the molecule is COc1ccc(-c2n[nH]c3c2C(c2ccc(OCc4ccc(Cl)cc4)cc2)N(Cc2ccccc2Cl)C3=O)cc1. The Morgan fingerprint density at radius 1 is 0.875 bits per heavy atom. The fraction of sp³-hybridized carbons (Fsp3) is 0.125. The van der Waals surface area contributed by atoms with Gasteiger partial charge in [0.1, 0.15) is 23.8 Å². The van der Waals surface area contributed by atoms with Gasteiger partial charge in [0.25, 0.3) is 5.91 Å². The van der Waals surface area contributed by atoms with E-state index in [0.717, 1.165) is 45.0 Å². The molecule has 0 saturated heterocycles. The summed E-state index contributed by atoms with van der Waals surface area (Å²) in [5.74, 6) is 1.34. The number of hydrogen-bond acceptors (Lipinski definition) is 4. The zero-order valence-electron chi connectivity index (χ0n) is 21.6. The van der Waals surface area contributed by atoms with Gasteiger partial charge in [0.2, 0.25) is 0 Å². The number of amides is 1. The average Bonchev–Trinajstić information content (AvgIpc) is 3.53. The number of nitrogens with one attached hydrogen (secondary N) is 1. The smallest absolute Gasteiger partial charge is 0.273 e. The van der Waals surface area contributed by atoms with Gasteiger partial charge >= 0.3 is 0 Å². The monoisotopic (exact) mass is 569 g/mol. The first kappa shape index (κ1) is 26.0. The van der Waals surface area contributed by atoms with Crippen LogP contribution in [0.2, 0.25) is 10.0 Å². The van der Waals surface area contributed by atoms with Crippen LogP contribution in [0.25, 0.3) is 11.3 Å². The van der Waals surface area contributed by atoms with E-state index >= 15 is 0 Å². The van der Waals surface area contributed by atoms with Crippen LogP contribution in [-0.4, -0.2) is 28.1 Å². The van der Waals surface area contributed by atoms with Crippen molar-refractivity contribution in [2.75, 3.05) is 7.11 Å². The molecule has 5 aromatic rings. The molecule has 6 rings (SSSR count). The number of aromatic amines is 1. The molecule has 1 atom stereocenters. The third-order valence-electron chi connectivity index (χ3n) is 7.04. The van der Waals surface area contributed by atoms with E-state index in [1.165, 1.54) is 0 Å². The number of benzene rings is 4. The molecule has 0 fully saturated rings. The quantitative estimate of drug-likeness (QED) is 0.208. The van der Waals surface area contributed by atoms with Gasteiger partial charge in [-0.1, -0.05) is 65.7 Å². The summed E-state index contributed by atoms with van der Waals surface area (Å²) in [6.07, 6.45) is 0. The molecule has 1 aromatic heterocycles. The molecule has 0 aliphatic carbocycles. The van der Waals surface area contributed by atoms with Gasteiger partial charge < -0.3 is 14.4 Å². The van der Waals surface area contributed by atoms with Crippen LogP contribution in [0.5, 0.6) is 11.5 Å². The molecule has 1 amide bonds. The van der Waals surface area contributed by atoms with Crippen molar-refractivity contribution >= 4 is 29.1 Å². The molecule has 40 heavy (non-hydrogen) atoms. The summed E-state index contributed by atoms with van der Waals surface area (Å²) < 4.78 is 11.3. The highest BCUT2D eigenvalue weighted by Crippen LogP contribution is 2.44. The van der Waals surface area contributed by atoms with E-state index in [0.29, 0.717) is 28.9 Å². The average molecular weight is 570 g/mol. The summed E-state index contributed by atoms with van der Waals surface area (Å²) in [6.45, 7) is 0.771. The maximum Gasteiger partial charge on any atom is 0.273 e. The second-order valence-electron chi connectivity index (χ2n) is 9.50. The maximum atomic E-state index is 13.7. The van der Waals surface area contributed by atoms with Gasteiger partial charge in [0.05, 0.1) is 18.8 Å². The molecule has 1 N–H and O–H groups in total. The summed E-state index contributed by atoms with van der Waals surface area (Å²) in [4.78, 5) is 15.6. The molecule has 1 unspecified atom stereocenters. The van der Waals surface area contributed by atoms with E-state index < -0.39 is 0 Å². The summed E-state index contributed by atoms with van der Waals surface area (Å²) in [6, 6.07) is 30.3. The van der Waals surface area contributed by atoms with Crippen LogP contribution in [0.15, 0.2) is 97.1 Å². The molecule has 0 saturated carbocycles. The lowest BCUT2D eigenvalue weighted by atomic mass is 9.95. The Hall–Kier alpha value is -4.26. The molecule has 4 aromatic carbocycles. The molecule has 8 heteroatoms. The van der Waals surface area contributed by atoms with E-state index in [4.69, 9.17) is 32.7 Å². The normalized spacial score (nSPS) is 14.3. The Morgan fingerprint density at radius 3 is 2.27 bits per heavy atom. The minimum atomic E-state index is -0.375. The number of methoxy groups -OCH3 is 1. The van der Waals surface area contributed by atoms with E-state index in [2.05, 4.69) is 10.2 Å². The zero-order chi connectivity index (χ0) is 27.6. The topological polar surface area (TPSA) is 67.5 Å². The van der Waals surface area contributed by atoms with Crippen LogP contribution in [0.3, 0.4) is 0 Å². The molecule has 0 radical (unpaired) electrons. The molecule has 1 aliphatic rings. The molecule has 6 nitrogen and oxygen atoms in total. The van der Waals surface area contributed by atoms with Crippen molar-refractivity contribution in [2.24, 2.45) is 0 Å². The molecule has 1 aliphatic heterocycles. The molecular weight excluding hydrogens is 545 g/mol. The van der Waals surface area contributed by atoms with Gasteiger partial charge in [-0.2, -0.15) is 5.10 Å². The highest BCUT2D eigenvalue weighted by Gasteiger charge is 2.42. The molecule has 0 spiro atoms. The maximum absolute atomic E-state index is 13.7. The number of aromatic nitrogens is 2. The summed E-state index contributed by atoms with van der Waals surface area (Å²) >= 11 is 12.5. The van der Waals surface area contributed by atoms with Crippen molar-refractivity contribution in [3.63, 3.8) is 0 Å². The number of carbonyl (C=O) groups excluding carboxylic acids is 1. The van der Waals surface area contributed by atoms with Crippen LogP contribution in [-0.2, 0) is 13.2 Å². The first-order valence-electron chi connectivity index (χ1n) is 12.8. The first-order valence-corrected chi connectivity index (χ1v) is 13.5. The second-order valence-corrected chi connectivity index (χ2v) is 10.3. The lowest BCUT2D eigenvalue weighted by Gasteiger charge is -2.27. The van der Waals surface area contributed by atoms with Gasteiger partial charge in [-0.3, -0.25) is 9.89 Å². The van der Waals surface area contributed by atoms with Crippen molar-refractivity contribution in [3.05, 3.63) is 135 Å². The van der Waals surface area contributed by atoms with E-state index in [1.54, 1.807) is 7.11 Å². The third kappa shape index (κ3) is 5.04. The van der Waals surface area contributed by atoms with E-state index in [9.17, 15) is 4.79 Å². The Morgan fingerprint density at radius 2 is 1.57 bits per heavy atom. The molecule has 200 valence electrons. The number of carbonyl (C=O) groups is 1. The Kier molecular flexibility index (Phi) is 7.20. The molecular formula is C32H25Cl2N3O3. The second kappa shape index (κ2) is 11.1. The largest absolute Gasteiger partial charge is 0.497 e. The number of H-pyrrole nitrogens is 1. The number of ether oxygens (including phenoxy) is 2. The van der Waals surface area contributed by atoms with Crippen molar-refractivity contribution in [1.29, 1.82) is 0 Å². The lowest BCUT2D eigenvalue weighted by Crippen LogP contribution is -2.29. The fourth-order valence-corrected chi connectivity index (χ4v) is 5.30. The number of halogens is 2. The predicted octanol–water partition coefficient (Wildman–Crippen LogP) is 7.72. The van der Waals surface area contributed by atoms with Crippen LogP contribution < -0.4 is 9.47 Å². The lowest BCUT2D eigenvalue weighted by molar-refractivity contribution is 0.0730. The van der Waals surface area contributed by atoms with Crippen molar-refractivity contribution < 1.29 is 14.3 Å². The van der Waals surface area contributed by atoms with Crippen molar-refractivity contribution in [2.45, 2.75) is 19.2 Å². The number of hydrogen-bond donors (Lipinski definition) is 1. The fourth-order valence-electron chi connectivity index (χ4n) is 4.98. The van der Waals surface area contributed by atoms with Crippen LogP contribution in [0, 0.1) is 0 Å². The third-order valence-corrected chi connectivity index (χ3v) is 7.66. The van der Waals surface area contributed by atoms with Gasteiger partial charge in [-0.15, -0.1) is 0 Å². The molecule has 0 bridgehead atoms. The van der Waals surface area contributed by atoms with Crippen molar-refractivity contribution in [1.82, 2.24) is 15.1 Å².